The highest BCUT2D eigenvalue weighted by Gasteiger charge is 2.16. The molecule has 88 valence electrons. The van der Waals surface area contributed by atoms with Crippen LogP contribution in [0.3, 0.4) is 0 Å². The first kappa shape index (κ1) is 11.5. The number of aryl methyl sites for hydroxylation is 1. The summed E-state index contributed by atoms with van der Waals surface area (Å²) in [5.41, 5.74) is 9.54. The summed E-state index contributed by atoms with van der Waals surface area (Å²) in [6, 6.07) is 6.32. The van der Waals surface area contributed by atoms with E-state index in [2.05, 4.69) is 30.9 Å². The van der Waals surface area contributed by atoms with Gasteiger partial charge in [0.1, 0.15) is 0 Å². The minimum absolute atomic E-state index is 0.833. The van der Waals surface area contributed by atoms with Crippen molar-refractivity contribution in [2.24, 2.45) is 5.92 Å². The number of benzene rings is 1. The molecule has 1 heterocycles. The molecule has 2 rings (SSSR count). The van der Waals surface area contributed by atoms with Crippen molar-refractivity contribution in [3.63, 3.8) is 0 Å². The van der Waals surface area contributed by atoms with Crippen molar-refractivity contribution >= 4 is 5.69 Å². The molecule has 1 aliphatic rings. The molecule has 1 aliphatic heterocycles. The van der Waals surface area contributed by atoms with Gasteiger partial charge < -0.3 is 5.73 Å². The van der Waals surface area contributed by atoms with E-state index in [0.29, 0.717) is 0 Å². The molecule has 1 aromatic carbocycles. The Balaban J connectivity index is 2.05. The van der Waals surface area contributed by atoms with Crippen LogP contribution in [-0.2, 0) is 6.54 Å². The zero-order chi connectivity index (χ0) is 11.5. The van der Waals surface area contributed by atoms with Gasteiger partial charge >= 0.3 is 0 Å². The highest BCUT2D eigenvalue weighted by molar-refractivity contribution is 5.48. The summed E-state index contributed by atoms with van der Waals surface area (Å²) in [6.45, 7) is 7.91. The third kappa shape index (κ3) is 2.76. The summed E-state index contributed by atoms with van der Waals surface area (Å²) in [5, 5.41) is 0. The molecular formula is C14H22N2. The van der Waals surface area contributed by atoms with Crippen LogP contribution in [0.2, 0.25) is 0 Å². The monoisotopic (exact) mass is 218 g/mol. The molecule has 0 spiro atoms. The van der Waals surface area contributed by atoms with E-state index in [-0.39, 0.29) is 0 Å². The van der Waals surface area contributed by atoms with Gasteiger partial charge in [-0.3, -0.25) is 4.90 Å². The Morgan fingerprint density at radius 3 is 3.00 bits per heavy atom. The minimum Gasteiger partial charge on any atom is -0.398 e. The van der Waals surface area contributed by atoms with Crippen molar-refractivity contribution in [1.29, 1.82) is 0 Å². The Bertz CT molecular complexity index is 360. The Labute approximate surface area is 98.4 Å². The maximum absolute atomic E-state index is 6.01. The molecule has 1 aromatic rings. The lowest BCUT2D eigenvalue weighted by Crippen LogP contribution is -2.33. The highest BCUT2D eigenvalue weighted by atomic mass is 15.1. The average molecular weight is 218 g/mol. The molecule has 2 N–H and O–H groups in total. The van der Waals surface area contributed by atoms with E-state index in [9.17, 15) is 0 Å². The standard InChI is InChI=1S/C14H22N2/c1-11-5-6-14(15)13(8-11)10-16-7-3-4-12(2)9-16/h5-6,8,12H,3-4,7,9-10,15H2,1-2H3. The smallest absolute Gasteiger partial charge is 0.0359 e. The predicted molar refractivity (Wildman–Crippen MR) is 69.3 cm³/mol. The zero-order valence-electron chi connectivity index (χ0n) is 10.4. The predicted octanol–water partition coefficient (Wildman–Crippen LogP) is 2.81. The fourth-order valence-electron chi connectivity index (χ4n) is 2.54. The first-order valence-corrected chi connectivity index (χ1v) is 6.22. The lowest BCUT2D eigenvalue weighted by molar-refractivity contribution is 0.177. The van der Waals surface area contributed by atoms with Crippen LogP contribution in [0.4, 0.5) is 5.69 Å². The van der Waals surface area contributed by atoms with Gasteiger partial charge in [0.15, 0.2) is 0 Å². The molecule has 0 saturated carbocycles. The van der Waals surface area contributed by atoms with E-state index in [1.807, 2.05) is 6.07 Å². The summed E-state index contributed by atoms with van der Waals surface area (Å²) in [4.78, 5) is 2.53. The summed E-state index contributed by atoms with van der Waals surface area (Å²) < 4.78 is 0. The van der Waals surface area contributed by atoms with Crippen LogP contribution in [0.1, 0.15) is 30.9 Å². The Morgan fingerprint density at radius 2 is 2.25 bits per heavy atom. The fraction of sp³-hybridized carbons (Fsp3) is 0.571. The fourth-order valence-corrected chi connectivity index (χ4v) is 2.54. The number of hydrogen-bond acceptors (Lipinski definition) is 2. The number of rotatable bonds is 2. The van der Waals surface area contributed by atoms with Gasteiger partial charge in [0.25, 0.3) is 0 Å². The van der Waals surface area contributed by atoms with Crippen LogP contribution in [0.15, 0.2) is 18.2 Å². The number of likely N-dealkylation sites (tertiary alicyclic amines) is 1. The Morgan fingerprint density at radius 1 is 1.44 bits per heavy atom. The van der Waals surface area contributed by atoms with Gasteiger partial charge in [-0.25, -0.2) is 0 Å². The van der Waals surface area contributed by atoms with Crippen molar-refractivity contribution in [2.75, 3.05) is 18.8 Å². The molecule has 1 saturated heterocycles. The highest BCUT2D eigenvalue weighted by Crippen LogP contribution is 2.21. The van der Waals surface area contributed by atoms with Crippen molar-refractivity contribution < 1.29 is 0 Å². The second-order valence-electron chi connectivity index (χ2n) is 5.18. The molecule has 2 heteroatoms. The molecule has 1 fully saturated rings. The van der Waals surface area contributed by atoms with Crippen molar-refractivity contribution in [1.82, 2.24) is 4.90 Å². The van der Waals surface area contributed by atoms with Crippen LogP contribution >= 0.6 is 0 Å². The summed E-state index contributed by atoms with van der Waals surface area (Å²) in [6.07, 6.45) is 2.70. The SMILES string of the molecule is Cc1ccc(N)c(CN2CCCC(C)C2)c1. The second-order valence-corrected chi connectivity index (χ2v) is 5.18. The van der Waals surface area contributed by atoms with Crippen molar-refractivity contribution in [3.8, 4) is 0 Å². The maximum Gasteiger partial charge on any atom is 0.0359 e. The van der Waals surface area contributed by atoms with Crippen LogP contribution in [0.25, 0.3) is 0 Å². The average Bonchev–Trinajstić information content (AvgIpc) is 2.24. The quantitative estimate of drug-likeness (QED) is 0.773. The first-order chi connectivity index (χ1) is 7.65. The minimum atomic E-state index is 0.833. The van der Waals surface area contributed by atoms with Crippen LogP contribution < -0.4 is 5.73 Å². The number of anilines is 1. The van der Waals surface area contributed by atoms with Gasteiger partial charge in [-0.05, 0) is 43.9 Å². The number of hydrogen-bond donors (Lipinski definition) is 1. The molecule has 0 bridgehead atoms. The Hall–Kier alpha value is -1.02. The van der Waals surface area contributed by atoms with E-state index in [1.165, 1.54) is 37.1 Å². The van der Waals surface area contributed by atoms with Crippen molar-refractivity contribution in [2.45, 2.75) is 33.2 Å². The first-order valence-electron chi connectivity index (χ1n) is 6.22. The van der Waals surface area contributed by atoms with Gasteiger partial charge in [-0.2, -0.15) is 0 Å². The van der Waals surface area contributed by atoms with E-state index in [0.717, 1.165) is 18.2 Å². The maximum atomic E-state index is 6.01. The number of nitrogens with zero attached hydrogens (tertiary/aromatic N) is 1. The third-order valence-electron chi connectivity index (χ3n) is 3.43. The summed E-state index contributed by atoms with van der Waals surface area (Å²) >= 11 is 0. The summed E-state index contributed by atoms with van der Waals surface area (Å²) in [7, 11) is 0. The van der Waals surface area contributed by atoms with E-state index < -0.39 is 0 Å². The molecule has 1 atom stereocenters. The van der Waals surface area contributed by atoms with Gasteiger partial charge in [0.2, 0.25) is 0 Å². The van der Waals surface area contributed by atoms with Gasteiger partial charge in [-0.15, -0.1) is 0 Å². The largest absolute Gasteiger partial charge is 0.398 e. The second kappa shape index (κ2) is 4.88. The van der Waals surface area contributed by atoms with Gasteiger partial charge in [-0.1, -0.05) is 24.6 Å². The zero-order valence-corrected chi connectivity index (χ0v) is 10.4. The third-order valence-corrected chi connectivity index (χ3v) is 3.43. The van der Waals surface area contributed by atoms with Crippen LogP contribution in [0.5, 0.6) is 0 Å². The molecule has 0 amide bonds. The van der Waals surface area contributed by atoms with Crippen LogP contribution in [0, 0.1) is 12.8 Å². The van der Waals surface area contributed by atoms with Gasteiger partial charge in [0, 0.05) is 18.8 Å². The number of nitrogen functional groups attached to an aromatic ring is 1. The molecule has 2 nitrogen and oxygen atoms in total. The topological polar surface area (TPSA) is 29.3 Å². The Kier molecular flexibility index (Phi) is 3.49. The lowest BCUT2D eigenvalue weighted by Gasteiger charge is -2.31. The lowest BCUT2D eigenvalue weighted by atomic mass is 9.99. The van der Waals surface area contributed by atoms with Gasteiger partial charge in [0.05, 0.1) is 0 Å². The number of piperidine rings is 1. The van der Waals surface area contributed by atoms with E-state index in [1.54, 1.807) is 0 Å². The summed E-state index contributed by atoms with van der Waals surface area (Å²) in [5.74, 6) is 0.833. The molecule has 0 aromatic heterocycles. The molecule has 16 heavy (non-hydrogen) atoms. The van der Waals surface area contributed by atoms with E-state index >= 15 is 0 Å². The molecular weight excluding hydrogens is 196 g/mol. The van der Waals surface area contributed by atoms with E-state index in [4.69, 9.17) is 5.73 Å². The molecule has 0 aliphatic carbocycles. The molecule has 0 radical (unpaired) electrons. The number of nitrogens with two attached hydrogens (primary N) is 1. The van der Waals surface area contributed by atoms with Crippen LogP contribution in [-0.4, -0.2) is 18.0 Å². The molecule has 1 unspecified atom stereocenters. The van der Waals surface area contributed by atoms with Crippen molar-refractivity contribution in [3.05, 3.63) is 29.3 Å². The normalized spacial score (nSPS) is 22.2.